The van der Waals surface area contributed by atoms with Crippen LogP contribution in [0.5, 0.6) is 0 Å². The maximum Gasteiger partial charge on any atom is 0.264 e. The Morgan fingerprint density at radius 1 is 0.944 bits per heavy atom. The predicted molar refractivity (Wildman–Crippen MR) is 137 cm³/mol. The summed E-state index contributed by atoms with van der Waals surface area (Å²) in [6.07, 6.45) is 0.341. The van der Waals surface area contributed by atoms with Gasteiger partial charge in [0, 0.05) is 13.6 Å². The molecule has 1 atom stereocenters. The third-order valence-electron chi connectivity index (χ3n) is 5.83. The molecule has 7 nitrogen and oxygen atoms in total. The molecule has 0 aliphatic rings. The first-order valence-corrected chi connectivity index (χ1v) is 13.0. The summed E-state index contributed by atoms with van der Waals surface area (Å²) in [5.41, 5.74) is 2.00. The fraction of sp³-hybridized carbons (Fsp3) is 0.259. The highest BCUT2D eigenvalue weighted by Gasteiger charge is 2.33. The van der Waals surface area contributed by atoms with E-state index in [4.69, 9.17) is 0 Å². The normalized spacial score (nSPS) is 12.0. The molecule has 0 aliphatic heterocycles. The molecule has 0 aromatic heterocycles. The van der Waals surface area contributed by atoms with Crippen molar-refractivity contribution in [3.8, 4) is 0 Å². The zero-order chi connectivity index (χ0) is 26.3. The zero-order valence-electron chi connectivity index (χ0n) is 20.5. The van der Waals surface area contributed by atoms with E-state index >= 15 is 0 Å². The topological polar surface area (TPSA) is 86.8 Å². The first-order valence-electron chi connectivity index (χ1n) is 11.6. The van der Waals surface area contributed by atoms with Crippen LogP contribution in [0.3, 0.4) is 0 Å². The molecule has 2 amide bonds. The summed E-state index contributed by atoms with van der Waals surface area (Å²) in [5.74, 6) is -1.46. The highest BCUT2D eigenvalue weighted by Crippen LogP contribution is 2.25. The van der Waals surface area contributed by atoms with Crippen LogP contribution in [-0.4, -0.2) is 44.8 Å². The number of carbonyl (C=O) groups is 2. The van der Waals surface area contributed by atoms with E-state index < -0.39 is 34.3 Å². The van der Waals surface area contributed by atoms with Crippen molar-refractivity contribution >= 4 is 27.5 Å². The Morgan fingerprint density at radius 3 is 2.11 bits per heavy atom. The molecule has 0 aliphatic carbocycles. The van der Waals surface area contributed by atoms with Gasteiger partial charge in [0.05, 0.1) is 10.6 Å². The van der Waals surface area contributed by atoms with Gasteiger partial charge in [-0.3, -0.25) is 13.9 Å². The minimum Gasteiger partial charge on any atom is -0.357 e. The summed E-state index contributed by atoms with van der Waals surface area (Å²) in [4.78, 5) is 27.6. The Kier molecular flexibility index (Phi) is 8.82. The van der Waals surface area contributed by atoms with Crippen molar-refractivity contribution in [2.75, 3.05) is 17.9 Å². The van der Waals surface area contributed by atoms with Crippen molar-refractivity contribution < 1.29 is 22.4 Å². The third-order valence-corrected chi connectivity index (χ3v) is 7.62. The Bertz CT molecular complexity index is 1280. The van der Waals surface area contributed by atoms with Crippen LogP contribution < -0.4 is 9.62 Å². The van der Waals surface area contributed by atoms with Crippen LogP contribution in [0.4, 0.5) is 10.1 Å². The molecule has 36 heavy (non-hydrogen) atoms. The summed E-state index contributed by atoms with van der Waals surface area (Å²) in [6.45, 7) is 3.25. The fourth-order valence-corrected chi connectivity index (χ4v) is 5.25. The maximum atomic E-state index is 13.7. The fourth-order valence-electron chi connectivity index (χ4n) is 3.84. The number of likely N-dealkylation sites (N-methyl/N-ethyl adjacent to an activating group) is 1. The van der Waals surface area contributed by atoms with Gasteiger partial charge in [-0.15, -0.1) is 0 Å². The van der Waals surface area contributed by atoms with Gasteiger partial charge in [0.1, 0.15) is 18.4 Å². The molecule has 0 unspecified atom stereocenters. The second-order valence-corrected chi connectivity index (χ2v) is 10.2. The van der Waals surface area contributed by atoms with Crippen molar-refractivity contribution in [3.63, 3.8) is 0 Å². The molecular formula is C27H30FN3O4S. The minimum absolute atomic E-state index is 0.129. The molecule has 0 saturated heterocycles. The minimum atomic E-state index is -4.22. The molecule has 190 valence electrons. The van der Waals surface area contributed by atoms with Gasteiger partial charge in [0.15, 0.2) is 0 Å². The van der Waals surface area contributed by atoms with E-state index in [1.807, 2.05) is 37.3 Å². The summed E-state index contributed by atoms with van der Waals surface area (Å²) < 4.78 is 41.7. The number of aryl methyl sites for hydroxylation is 1. The molecule has 0 bridgehead atoms. The number of sulfonamides is 1. The van der Waals surface area contributed by atoms with Crippen molar-refractivity contribution in [3.05, 3.63) is 95.8 Å². The Hall–Kier alpha value is -3.72. The van der Waals surface area contributed by atoms with Crippen LogP contribution in [-0.2, 0) is 26.2 Å². The molecule has 0 fully saturated rings. The molecule has 1 N–H and O–H groups in total. The molecule has 3 aromatic rings. The molecule has 3 aromatic carbocycles. The van der Waals surface area contributed by atoms with E-state index in [2.05, 4.69) is 5.32 Å². The molecular weight excluding hydrogens is 481 g/mol. The largest absolute Gasteiger partial charge is 0.357 e. The lowest BCUT2D eigenvalue weighted by Crippen LogP contribution is -2.51. The van der Waals surface area contributed by atoms with Crippen molar-refractivity contribution in [2.45, 2.75) is 37.8 Å². The Labute approximate surface area is 211 Å². The third kappa shape index (κ3) is 6.28. The standard InChI is InChI=1S/C27H30FN3O4S/c1-4-25(27(33)29-3)30(18-21-8-6-5-7-9-21)26(32)19-31(23-14-10-20(2)11-15-23)36(34,35)24-16-12-22(28)13-17-24/h5-17,25H,4,18-19H2,1-3H3,(H,29,33)/t25-/m1/s1. The number of anilines is 1. The van der Waals surface area contributed by atoms with Crippen molar-refractivity contribution in [1.82, 2.24) is 10.2 Å². The zero-order valence-corrected chi connectivity index (χ0v) is 21.3. The van der Waals surface area contributed by atoms with E-state index in [1.54, 1.807) is 31.2 Å². The summed E-state index contributed by atoms with van der Waals surface area (Å²) >= 11 is 0. The number of hydrogen-bond donors (Lipinski definition) is 1. The van der Waals surface area contributed by atoms with E-state index in [0.29, 0.717) is 6.42 Å². The van der Waals surface area contributed by atoms with Gasteiger partial charge in [-0.2, -0.15) is 0 Å². The van der Waals surface area contributed by atoms with Gasteiger partial charge < -0.3 is 10.2 Å². The lowest BCUT2D eigenvalue weighted by atomic mass is 10.1. The Balaban J connectivity index is 2.04. The average molecular weight is 512 g/mol. The quantitative estimate of drug-likeness (QED) is 0.448. The number of nitrogens with zero attached hydrogens (tertiary/aromatic N) is 2. The van der Waals surface area contributed by atoms with E-state index in [-0.39, 0.29) is 23.0 Å². The number of hydrogen-bond acceptors (Lipinski definition) is 4. The number of amides is 2. The van der Waals surface area contributed by atoms with E-state index in [0.717, 1.165) is 39.7 Å². The van der Waals surface area contributed by atoms with Crippen molar-refractivity contribution in [1.29, 1.82) is 0 Å². The second kappa shape index (κ2) is 11.8. The van der Waals surface area contributed by atoms with Gasteiger partial charge >= 0.3 is 0 Å². The van der Waals surface area contributed by atoms with Gasteiger partial charge in [0.25, 0.3) is 10.0 Å². The summed E-state index contributed by atoms with van der Waals surface area (Å²) in [6, 6.07) is 19.5. The smallest absolute Gasteiger partial charge is 0.264 e. The second-order valence-electron chi connectivity index (χ2n) is 8.35. The van der Waals surface area contributed by atoms with Crippen LogP contribution >= 0.6 is 0 Å². The SMILES string of the molecule is CC[C@H](C(=O)NC)N(Cc1ccccc1)C(=O)CN(c1ccc(C)cc1)S(=O)(=O)c1ccc(F)cc1. The van der Waals surface area contributed by atoms with Crippen LogP contribution in [0.25, 0.3) is 0 Å². The van der Waals surface area contributed by atoms with E-state index in [9.17, 15) is 22.4 Å². The first-order chi connectivity index (χ1) is 17.2. The van der Waals surface area contributed by atoms with Crippen LogP contribution in [0, 0.1) is 12.7 Å². The summed E-state index contributed by atoms with van der Waals surface area (Å²) in [5, 5.41) is 2.59. The number of carbonyl (C=O) groups excluding carboxylic acids is 2. The van der Waals surface area contributed by atoms with Gasteiger partial charge in [0.2, 0.25) is 11.8 Å². The lowest BCUT2D eigenvalue weighted by Gasteiger charge is -2.33. The first kappa shape index (κ1) is 26.9. The molecule has 0 spiro atoms. The van der Waals surface area contributed by atoms with Crippen molar-refractivity contribution in [2.24, 2.45) is 0 Å². The van der Waals surface area contributed by atoms with E-state index in [1.165, 1.54) is 11.9 Å². The number of rotatable bonds is 10. The summed E-state index contributed by atoms with van der Waals surface area (Å²) in [7, 11) is -2.73. The van der Waals surface area contributed by atoms with Gasteiger partial charge in [-0.05, 0) is 55.3 Å². The molecule has 3 rings (SSSR count). The highest BCUT2D eigenvalue weighted by molar-refractivity contribution is 7.92. The monoisotopic (exact) mass is 511 g/mol. The highest BCUT2D eigenvalue weighted by atomic mass is 32.2. The molecule has 9 heteroatoms. The number of nitrogens with one attached hydrogen (secondary N) is 1. The lowest BCUT2D eigenvalue weighted by molar-refractivity contribution is -0.140. The van der Waals surface area contributed by atoms with Crippen LogP contribution in [0.15, 0.2) is 83.8 Å². The number of halogens is 1. The van der Waals surface area contributed by atoms with Gasteiger partial charge in [-0.1, -0.05) is 55.0 Å². The molecule has 0 heterocycles. The van der Waals surface area contributed by atoms with Crippen LogP contribution in [0.1, 0.15) is 24.5 Å². The Morgan fingerprint density at radius 2 is 1.56 bits per heavy atom. The molecule has 0 radical (unpaired) electrons. The molecule has 0 saturated carbocycles. The van der Waals surface area contributed by atoms with Crippen LogP contribution in [0.2, 0.25) is 0 Å². The number of benzene rings is 3. The maximum absolute atomic E-state index is 13.7. The average Bonchev–Trinajstić information content (AvgIpc) is 2.88. The van der Waals surface area contributed by atoms with Gasteiger partial charge in [-0.25, -0.2) is 12.8 Å². The predicted octanol–water partition coefficient (Wildman–Crippen LogP) is 3.88.